The maximum Gasteiger partial charge on any atom is 0.157 e. The molecule has 4 atom stereocenters. The molecule has 1 aromatic rings. The smallest absolute Gasteiger partial charge is 0.157 e. The molecule has 4 unspecified atom stereocenters. The summed E-state index contributed by atoms with van der Waals surface area (Å²) < 4.78 is 0. The van der Waals surface area contributed by atoms with E-state index in [1.54, 1.807) is 0 Å². The molecule has 4 rings (SSSR count). The number of unbranched alkanes of at least 4 members (excludes halogenated alkanes) is 1. The molecule has 3 aliphatic heterocycles. The molecule has 4 heteroatoms. The molecule has 1 aromatic carbocycles. The normalized spacial score (nSPS) is 35.2. The van der Waals surface area contributed by atoms with Crippen LogP contribution in [0.1, 0.15) is 58.4 Å². The van der Waals surface area contributed by atoms with Gasteiger partial charge >= 0.3 is 0 Å². The number of benzene rings is 1. The first kappa shape index (κ1) is 19.8. The van der Waals surface area contributed by atoms with Gasteiger partial charge in [-0.3, -0.25) is 14.7 Å². The molecular weight excluding hydrogens is 346 g/mol. The number of hydrogen-bond donors (Lipinski definition) is 1. The van der Waals surface area contributed by atoms with Crippen molar-refractivity contribution in [1.29, 1.82) is 0 Å². The summed E-state index contributed by atoms with van der Waals surface area (Å²) in [5.74, 6) is 1.34. The lowest BCUT2D eigenvalue weighted by Gasteiger charge is -2.35. The Morgan fingerprint density at radius 1 is 1.18 bits per heavy atom. The Bertz CT molecular complexity index is 741. The number of nitrogens with zero attached hydrogens (tertiary/aromatic N) is 2. The number of aliphatic imine (C=N–C) groups is 1. The van der Waals surface area contributed by atoms with Crippen molar-refractivity contribution in [3.05, 3.63) is 35.9 Å². The SMILES string of the molecule is CC1(C)NCC(CCCCC2(C)C(=O)C3CCN2C3)C1=NCc1ccccc1. The summed E-state index contributed by atoms with van der Waals surface area (Å²) in [7, 11) is 0. The van der Waals surface area contributed by atoms with E-state index in [1.165, 1.54) is 17.7 Å². The van der Waals surface area contributed by atoms with Gasteiger partial charge in [-0.15, -0.1) is 0 Å². The molecule has 0 saturated carbocycles. The molecule has 3 heterocycles. The Labute approximate surface area is 169 Å². The highest BCUT2D eigenvalue weighted by Crippen LogP contribution is 2.40. The fourth-order valence-corrected chi connectivity index (χ4v) is 5.56. The fraction of sp³-hybridized carbons (Fsp3) is 0.667. The second kappa shape index (κ2) is 7.72. The highest BCUT2D eigenvalue weighted by molar-refractivity contribution is 5.97. The van der Waals surface area contributed by atoms with Gasteiger partial charge in [0.1, 0.15) is 0 Å². The molecule has 3 saturated heterocycles. The molecule has 3 aliphatic rings. The number of Topliss-reactive ketones (excluding diaryl/α,β-unsaturated/α-hetero) is 1. The van der Waals surface area contributed by atoms with E-state index in [9.17, 15) is 4.79 Å². The predicted molar refractivity (Wildman–Crippen MR) is 115 cm³/mol. The van der Waals surface area contributed by atoms with E-state index >= 15 is 0 Å². The Hall–Kier alpha value is -1.52. The maximum atomic E-state index is 12.6. The van der Waals surface area contributed by atoms with Gasteiger partial charge in [-0.1, -0.05) is 43.2 Å². The average molecular weight is 382 g/mol. The first-order valence-electron chi connectivity index (χ1n) is 11.0. The van der Waals surface area contributed by atoms with Crippen LogP contribution in [0, 0.1) is 11.8 Å². The van der Waals surface area contributed by atoms with Crippen LogP contribution in [0.3, 0.4) is 0 Å². The summed E-state index contributed by atoms with van der Waals surface area (Å²) in [4.78, 5) is 20.1. The number of carbonyl (C=O) groups is 1. The van der Waals surface area contributed by atoms with E-state index in [-0.39, 0.29) is 11.1 Å². The number of hydrogen-bond acceptors (Lipinski definition) is 4. The van der Waals surface area contributed by atoms with Gasteiger partial charge in [0.25, 0.3) is 0 Å². The highest BCUT2D eigenvalue weighted by Gasteiger charge is 2.52. The zero-order valence-corrected chi connectivity index (χ0v) is 17.7. The Morgan fingerprint density at radius 3 is 2.68 bits per heavy atom. The van der Waals surface area contributed by atoms with Crippen LogP contribution in [-0.4, -0.2) is 47.1 Å². The van der Waals surface area contributed by atoms with Crippen LogP contribution in [0.5, 0.6) is 0 Å². The van der Waals surface area contributed by atoms with Crippen molar-refractivity contribution >= 4 is 11.5 Å². The molecule has 2 bridgehead atoms. The second-order valence-corrected chi connectivity index (χ2v) is 9.71. The van der Waals surface area contributed by atoms with E-state index in [2.05, 4.69) is 61.3 Å². The van der Waals surface area contributed by atoms with Crippen LogP contribution in [0.25, 0.3) is 0 Å². The molecular formula is C24H35N3O. The summed E-state index contributed by atoms with van der Waals surface area (Å²) in [6, 6.07) is 10.5. The molecule has 0 aliphatic carbocycles. The molecule has 3 fully saturated rings. The van der Waals surface area contributed by atoms with Gasteiger partial charge in [0, 0.05) is 30.6 Å². The first-order valence-corrected chi connectivity index (χ1v) is 11.0. The van der Waals surface area contributed by atoms with Crippen molar-refractivity contribution in [2.24, 2.45) is 16.8 Å². The molecule has 4 nitrogen and oxygen atoms in total. The number of rotatable bonds is 7. The summed E-state index contributed by atoms with van der Waals surface area (Å²) in [5.41, 5.74) is 2.40. The summed E-state index contributed by atoms with van der Waals surface area (Å²) >= 11 is 0. The highest BCUT2D eigenvalue weighted by atomic mass is 16.1. The van der Waals surface area contributed by atoms with E-state index in [0.717, 1.165) is 51.9 Å². The maximum absolute atomic E-state index is 12.6. The lowest BCUT2D eigenvalue weighted by molar-refractivity contribution is -0.129. The molecule has 0 radical (unpaired) electrons. The van der Waals surface area contributed by atoms with Crippen molar-refractivity contribution in [2.75, 3.05) is 19.6 Å². The number of nitrogens with one attached hydrogen (secondary N) is 1. The first-order chi connectivity index (χ1) is 13.4. The summed E-state index contributed by atoms with van der Waals surface area (Å²) in [5, 5.41) is 3.66. The third kappa shape index (κ3) is 3.69. The Balaban J connectivity index is 1.31. The van der Waals surface area contributed by atoms with Gasteiger partial charge in [-0.05, 0) is 52.1 Å². The van der Waals surface area contributed by atoms with Gasteiger partial charge in [-0.25, -0.2) is 0 Å². The van der Waals surface area contributed by atoms with Crippen LogP contribution in [0.2, 0.25) is 0 Å². The molecule has 28 heavy (non-hydrogen) atoms. The zero-order valence-electron chi connectivity index (χ0n) is 17.7. The van der Waals surface area contributed by atoms with Crippen LogP contribution in [0.15, 0.2) is 35.3 Å². The van der Waals surface area contributed by atoms with Gasteiger partial charge in [0.15, 0.2) is 5.78 Å². The third-order valence-electron chi connectivity index (χ3n) is 7.35. The third-order valence-corrected chi connectivity index (χ3v) is 7.35. The van der Waals surface area contributed by atoms with Crippen molar-refractivity contribution in [2.45, 2.75) is 70.5 Å². The summed E-state index contributed by atoms with van der Waals surface area (Å²) in [6.45, 7) is 10.6. The summed E-state index contributed by atoms with van der Waals surface area (Å²) in [6.07, 6.45) is 5.57. The lowest BCUT2D eigenvalue weighted by atomic mass is 9.83. The number of carbonyl (C=O) groups excluding carboxylic acids is 1. The largest absolute Gasteiger partial charge is 0.306 e. The molecule has 0 amide bonds. The van der Waals surface area contributed by atoms with E-state index in [0.29, 0.717) is 17.6 Å². The van der Waals surface area contributed by atoms with Gasteiger partial charge < -0.3 is 5.32 Å². The van der Waals surface area contributed by atoms with Gasteiger partial charge in [0.2, 0.25) is 0 Å². The molecule has 0 aromatic heterocycles. The number of ketones is 1. The minimum atomic E-state index is -0.180. The molecule has 152 valence electrons. The minimum absolute atomic E-state index is 0.0162. The van der Waals surface area contributed by atoms with Gasteiger partial charge in [-0.2, -0.15) is 0 Å². The van der Waals surface area contributed by atoms with Crippen LogP contribution in [-0.2, 0) is 11.3 Å². The lowest BCUT2D eigenvalue weighted by Crippen LogP contribution is -2.48. The zero-order chi connectivity index (χ0) is 19.8. The van der Waals surface area contributed by atoms with Crippen LogP contribution >= 0.6 is 0 Å². The van der Waals surface area contributed by atoms with E-state index < -0.39 is 0 Å². The van der Waals surface area contributed by atoms with Crippen molar-refractivity contribution in [1.82, 2.24) is 10.2 Å². The standard InChI is InChI=1S/C24H35N3O/c1-23(2)21(25-15-18-9-5-4-6-10-18)19(16-26-23)11-7-8-13-24(3)22(28)20-12-14-27(24)17-20/h4-6,9-10,19-20,26H,7-8,11-17H2,1-3H3. The quantitative estimate of drug-likeness (QED) is 0.730. The van der Waals surface area contributed by atoms with Crippen LogP contribution < -0.4 is 5.32 Å². The molecule has 0 spiro atoms. The van der Waals surface area contributed by atoms with E-state index in [4.69, 9.17) is 4.99 Å². The Morgan fingerprint density at radius 2 is 1.96 bits per heavy atom. The van der Waals surface area contributed by atoms with Crippen molar-refractivity contribution < 1.29 is 4.79 Å². The number of fused-ring (bicyclic) bond motifs is 2. The predicted octanol–water partition coefficient (Wildman–Crippen LogP) is 3.85. The molecule has 1 N–H and O–H groups in total. The van der Waals surface area contributed by atoms with Crippen molar-refractivity contribution in [3.8, 4) is 0 Å². The fourth-order valence-electron chi connectivity index (χ4n) is 5.56. The Kier molecular flexibility index (Phi) is 5.45. The minimum Gasteiger partial charge on any atom is -0.306 e. The van der Waals surface area contributed by atoms with Crippen molar-refractivity contribution in [3.63, 3.8) is 0 Å². The average Bonchev–Trinajstić information content (AvgIpc) is 3.34. The van der Waals surface area contributed by atoms with Gasteiger partial charge in [0.05, 0.1) is 17.6 Å². The number of piperidine rings is 1. The second-order valence-electron chi connectivity index (χ2n) is 9.71. The monoisotopic (exact) mass is 381 g/mol. The topological polar surface area (TPSA) is 44.7 Å². The van der Waals surface area contributed by atoms with E-state index in [1.807, 2.05) is 0 Å². The van der Waals surface area contributed by atoms with Crippen LogP contribution in [0.4, 0.5) is 0 Å².